The number of aromatic nitrogens is 1. The Labute approximate surface area is 99.8 Å². The number of benzene rings is 1. The molecular formula is C13H14ClNO. The first-order chi connectivity index (χ1) is 7.54. The summed E-state index contributed by atoms with van der Waals surface area (Å²) in [6.07, 6.45) is 0.941. The van der Waals surface area contributed by atoms with Crippen molar-refractivity contribution < 1.29 is 4.79 Å². The molecule has 0 spiro atoms. The summed E-state index contributed by atoms with van der Waals surface area (Å²) in [6, 6.07) is 5.92. The Bertz CT molecular complexity index is 569. The molecule has 2 nitrogen and oxygen atoms in total. The molecule has 3 heteroatoms. The molecule has 2 aromatic rings. The van der Waals surface area contributed by atoms with Gasteiger partial charge < -0.3 is 4.57 Å². The first-order valence-electron chi connectivity index (χ1n) is 5.33. The average molecular weight is 236 g/mol. The highest BCUT2D eigenvalue weighted by Crippen LogP contribution is 2.28. The molecule has 0 fully saturated rings. The molecule has 0 N–H and O–H groups in total. The van der Waals surface area contributed by atoms with E-state index in [1.165, 1.54) is 5.56 Å². The smallest absolute Gasteiger partial charge is 0.176 e. The molecule has 0 radical (unpaired) electrons. The van der Waals surface area contributed by atoms with Crippen LogP contribution in [0.3, 0.4) is 0 Å². The maximum atomic E-state index is 11.4. The van der Waals surface area contributed by atoms with Gasteiger partial charge in [0.1, 0.15) is 0 Å². The Kier molecular flexibility index (Phi) is 2.76. The summed E-state index contributed by atoms with van der Waals surface area (Å²) < 4.78 is 1.91. The molecule has 0 saturated carbocycles. The largest absolute Gasteiger partial charge is 0.341 e. The van der Waals surface area contributed by atoms with Crippen LogP contribution in [-0.4, -0.2) is 10.4 Å². The average Bonchev–Trinajstić information content (AvgIpc) is 2.57. The first-order valence-corrected chi connectivity index (χ1v) is 5.71. The lowest BCUT2D eigenvalue weighted by Crippen LogP contribution is -2.00. The van der Waals surface area contributed by atoms with E-state index >= 15 is 0 Å². The number of carbonyl (C=O) groups is 1. The van der Waals surface area contributed by atoms with Crippen molar-refractivity contribution in [1.82, 2.24) is 4.57 Å². The predicted octanol–water partition coefficient (Wildman–Crippen LogP) is 3.60. The van der Waals surface area contributed by atoms with Gasteiger partial charge in [-0.3, -0.25) is 4.79 Å². The molecule has 0 atom stereocenters. The summed E-state index contributed by atoms with van der Waals surface area (Å²) in [6.45, 7) is 3.66. The molecule has 0 aliphatic heterocycles. The molecule has 0 bridgehead atoms. The molecule has 0 aliphatic rings. The number of nitrogens with zero attached hydrogens (tertiary/aromatic N) is 1. The molecule has 0 amide bonds. The van der Waals surface area contributed by atoms with Gasteiger partial charge in [-0.05, 0) is 30.2 Å². The Morgan fingerprint density at radius 2 is 2.06 bits per heavy atom. The van der Waals surface area contributed by atoms with Gasteiger partial charge in [0.2, 0.25) is 0 Å². The van der Waals surface area contributed by atoms with E-state index in [1.54, 1.807) is 6.92 Å². The second-order valence-corrected chi connectivity index (χ2v) is 4.42. The van der Waals surface area contributed by atoms with Crippen molar-refractivity contribution >= 4 is 28.3 Å². The van der Waals surface area contributed by atoms with Crippen LogP contribution in [0.25, 0.3) is 10.9 Å². The van der Waals surface area contributed by atoms with E-state index in [2.05, 4.69) is 13.0 Å². The third-order valence-electron chi connectivity index (χ3n) is 2.94. The maximum Gasteiger partial charge on any atom is 0.176 e. The zero-order valence-corrected chi connectivity index (χ0v) is 10.4. The van der Waals surface area contributed by atoms with Crippen LogP contribution in [0.1, 0.15) is 29.9 Å². The Morgan fingerprint density at radius 1 is 1.38 bits per heavy atom. The van der Waals surface area contributed by atoms with Crippen LogP contribution in [-0.2, 0) is 13.5 Å². The summed E-state index contributed by atoms with van der Waals surface area (Å²) in [5.41, 5.74) is 2.91. The number of rotatable bonds is 2. The third-order valence-corrected chi connectivity index (χ3v) is 3.25. The molecule has 16 heavy (non-hydrogen) atoms. The van der Waals surface area contributed by atoms with Gasteiger partial charge in [0.25, 0.3) is 0 Å². The Morgan fingerprint density at radius 3 is 2.62 bits per heavy atom. The van der Waals surface area contributed by atoms with E-state index < -0.39 is 0 Å². The van der Waals surface area contributed by atoms with Gasteiger partial charge in [-0.1, -0.05) is 18.5 Å². The van der Waals surface area contributed by atoms with Gasteiger partial charge >= 0.3 is 0 Å². The highest BCUT2D eigenvalue weighted by molar-refractivity contribution is 6.35. The van der Waals surface area contributed by atoms with E-state index in [4.69, 9.17) is 11.6 Å². The Hall–Kier alpha value is -1.28. The number of hydrogen-bond donors (Lipinski definition) is 0. The fourth-order valence-corrected chi connectivity index (χ4v) is 2.28. The molecule has 0 aliphatic carbocycles. The molecule has 1 aromatic carbocycles. The predicted molar refractivity (Wildman–Crippen MR) is 67.3 cm³/mol. The summed E-state index contributed by atoms with van der Waals surface area (Å²) in [5, 5.41) is 1.67. The lowest BCUT2D eigenvalue weighted by Gasteiger charge is -2.03. The van der Waals surface area contributed by atoms with Crippen LogP contribution < -0.4 is 0 Å². The fraction of sp³-hybridized carbons (Fsp3) is 0.308. The van der Waals surface area contributed by atoms with Crippen LogP contribution in [0.15, 0.2) is 18.2 Å². The number of carbonyl (C=O) groups excluding carboxylic acids is 1. The summed E-state index contributed by atoms with van der Waals surface area (Å²) >= 11 is 6.21. The van der Waals surface area contributed by atoms with Crippen molar-refractivity contribution in [1.29, 1.82) is 0 Å². The van der Waals surface area contributed by atoms with Crippen molar-refractivity contribution in [3.05, 3.63) is 34.5 Å². The molecule has 84 valence electrons. The standard InChI is InChI=1S/C13H14ClNO/c1-4-9-5-11(14)10-7-12(8(2)16)15(3)13(10)6-9/h5-7H,4H2,1-3H3. The van der Waals surface area contributed by atoms with Gasteiger partial charge in [0, 0.05) is 19.4 Å². The lowest BCUT2D eigenvalue weighted by atomic mass is 10.1. The van der Waals surface area contributed by atoms with Crippen LogP contribution in [0.5, 0.6) is 0 Å². The number of ketones is 1. The number of Topliss-reactive ketones (excluding diaryl/α,β-unsaturated/α-hetero) is 1. The lowest BCUT2D eigenvalue weighted by molar-refractivity contribution is 0.101. The zero-order valence-electron chi connectivity index (χ0n) is 9.67. The van der Waals surface area contributed by atoms with Crippen LogP contribution in [0.4, 0.5) is 0 Å². The maximum absolute atomic E-state index is 11.4. The van der Waals surface area contributed by atoms with E-state index in [-0.39, 0.29) is 5.78 Å². The van der Waals surface area contributed by atoms with Crippen molar-refractivity contribution in [2.75, 3.05) is 0 Å². The van der Waals surface area contributed by atoms with Crippen LogP contribution in [0.2, 0.25) is 5.02 Å². The number of fused-ring (bicyclic) bond motifs is 1. The van der Waals surface area contributed by atoms with Gasteiger partial charge in [-0.15, -0.1) is 0 Å². The monoisotopic (exact) mass is 235 g/mol. The minimum absolute atomic E-state index is 0.0628. The highest BCUT2D eigenvalue weighted by atomic mass is 35.5. The fourth-order valence-electron chi connectivity index (χ4n) is 1.98. The second-order valence-electron chi connectivity index (χ2n) is 4.01. The molecule has 0 unspecified atom stereocenters. The zero-order chi connectivity index (χ0) is 11.9. The number of halogens is 1. The molecular weight excluding hydrogens is 222 g/mol. The number of hydrogen-bond acceptors (Lipinski definition) is 1. The van der Waals surface area contributed by atoms with E-state index in [1.807, 2.05) is 23.7 Å². The number of aryl methyl sites for hydroxylation is 2. The third kappa shape index (κ3) is 1.63. The van der Waals surface area contributed by atoms with Crippen molar-refractivity contribution in [3.63, 3.8) is 0 Å². The van der Waals surface area contributed by atoms with Crippen molar-refractivity contribution in [2.24, 2.45) is 7.05 Å². The molecule has 1 aromatic heterocycles. The topological polar surface area (TPSA) is 22.0 Å². The minimum Gasteiger partial charge on any atom is -0.341 e. The quantitative estimate of drug-likeness (QED) is 0.729. The van der Waals surface area contributed by atoms with E-state index in [0.29, 0.717) is 5.69 Å². The Balaban J connectivity index is 2.81. The highest BCUT2D eigenvalue weighted by Gasteiger charge is 2.12. The summed E-state index contributed by atoms with van der Waals surface area (Å²) in [4.78, 5) is 11.4. The van der Waals surface area contributed by atoms with Gasteiger partial charge in [-0.25, -0.2) is 0 Å². The summed E-state index contributed by atoms with van der Waals surface area (Å²) in [5.74, 6) is 0.0628. The van der Waals surface area contributed by atoms with E-state index in [0.717, 1.165) is 22.3 Å². The summed E-state index contributed by atoms with van der Waals surface area (Å²) in [7, 11) is 1.90. The first kappa shape index (κ1) is 11.2. The SMILES string of the molecule is CCc1cc(Cl)c2cc(C(C)=O)n(C)c2c1. The van der Waals surface area contributed by atoms with Gasteiger partial charge in [0.05, 0.1) is 16.2 Å². The van der Waals surface area contributed by atoms with Crippen LogP contribution in [0, 0.1) is 0 Å². The second kappa shape index (κ2) is 3.95. The van der Waals surface area contributed by atoms with Crippen LogP contribution >= 0.6 is 11.6 Å². The van der Waals surface area contributed by atoms with E-state index in [9.17, 15) is 4.79 Å². The molecule has 0 saturated heterocycles. The van der Waals surface area contributed by atoms with Crippen molar-refractivity contribution in [2.45, 2.75) is 20.3 Å². The normalized spacial score (nSPS) is 11.0. The minimum atomic E-state index is 0.0628. The van der Waals surface area contributed by atoms with Gasteiger partial charge in [0.15, 0.2) is 5.78 Å². The molecule has 1 heterocycles. The molecule has 2 rings (SSSR count). The van der Waals surface area contributed by atoms with Gasteiger partial charge in [-0.2, -0.15) is 0 Å². The van der Waals surface area contributed by atoms with Crippen molar-refractivity contribution in [3.8, 4) is 0 Å².